The number of hydrogen-bond donors (Lipinski definition) is 6. The first-order valence-electron chi connectivity index (χ1n) is 16.9. The minimum atomic E-state index is -1.34. The van der Waals surface area contributed by atoms with E-state index < -0.39 is 59.7 Å². The molecule has 5 atom stereocenters. The van der Waals surface area contributed by atoms with Gasteiger partial charge in [-0.3, -0.25) is 24.0 Å². The van der Waals surface area contributed by atoms with Crippen LogP contribution in [0, 0.1) is 0 Å². The van der Waals surface area contributed by atoms with Gasteiger partial charge in [0.2, 0.25) is 29.5 Å². The zero-order valence-corrected chi connectivity index (χ0v) is 30.6. The van der Waals surface area contributed by atoms with E-state index in [0.717, 1.165) is 15.6 Å². The minimum absolute atomic E-state index is 0.0108. The SMILES string of the molecule is O=C1CCC(=O)N[C@H](CC2CC=CS2)C(=O)N[C@@H](Cc2ccc(Br)cc2)C(=O)N[C@H](Cc2ccccc2)C(=O)N[C@H](C(=O)O)Cc2ccc(cc2)N1. The van der Waals surface area contributed by atoms with E-state index in [-0.39, 0.29) is 43.8 Å². The molecule has 0 radical (unpaired) electrons. The fraction of sp³-hybridized carbons (Fsp3) is 0.316. The Morgan fingerprint density at radius 3 is 1.92 bits per heavy atom. The van der Waals surface area contributed by atoms with Gasteiger partial charge < -0.3 is 31.7 Å². The summed E-state index contributed by atoms with van der Waals surface area (Å²) in [6.07, 6.45) is 2.66. The molecular weight excluding hydrogens is 750 g/mol. The Balaban J connectivity index is 1.48. The van der Waals surface area contributed by atoms with Crippen molar-refractivity contribution in [1.82, 2.24) is 21.3 Å². The van der Waals surface area contributed by atoms with Gasteiger partial charge in [0.1, 0.15) is 24.2 Å². The third-order valence-corrected chi connectivity index (χ3v) is 10.3. The number of benzene rings is 3. The lowest BCUT2D eigenvalue weighted by Crippen LogP contribution is -2.59. The maximum atomic E-state index is 14.2. The highest BCUT2D eigenvalue weighted by Crippen LogP contribution is 2.28. The van der Waals surface area contributed by atoms with Crippen LogP contribution in [-0.2, 0) is 48.0 Å². The van der Waals surface area contributed by atoms with Crippen LogP contribution < -0.4 is 26.6 Å². The van der Waals surface area contributed by atoms with E-state index in [0.29, 0.717) is 17.7 Å². The first kappa shape index (κ1) is 38.3. The van der Waals surface area contributed by atoms with Crippen molar-refractivity contribution in [3.8, 4) is 0 Å². The molecule has 3 aromatic rings. The van der Waals surface area contributed by atoms with Gasteiger partial charge in [-0.15, -0.1) is 11.8 Å². The van der Waals surface area contributed by atoms with E-state index in [1.165, 1.54) is 0 Å². The van der Waals surface area contributed by atoms with E-state index in [9.17, 15) is 33.9 Å². The molecule has 0 saturated heterocycles. The maximum absolute atomic E-state index is 14.2. The molecule has 3 aliphatic heterocycles. The van der Waals surface area contributed by atoms with Gasteiger partial charge in [0.15, 0.2) is 0 Å². The van der Waals surface area contributed by atoms with Gasteiger partial charge in [-0.05, 0) is 59.2 Å². The fourth-order valence-electron chi connectivity index (χ4n) is 5.89. The van der Waals surface area contributed by atoms with Crippen molar-refractivity contribution in [2.75, 3.05) is 5.32 Å². The van der Waals surface area contributed by atoms with Crippen LogP contribution in [0.1, 0.15) is 42.4 Å². The third kappa shape index (κ3) is 11.5. The lowest BCUT2D eigenvalue weighted by Gasteiger charge is -2.27. The number of carboxylic acid groups (broad SMARTS) is 1. The summed E-state index contributed by atoms with van der Waals surface area (Å²) < 4.78 is 0.819. The maximum Gasteiger partial charge on any atom is 0.326 e. The molecule has 3 aromatic carbocycles. The van der Waals surface area contributed by atoms with Gasteiger partial charge in [0.25, 0.3) is 0 Å². The number of allylic oxidation sites excluding steroid dienone is 1. The lowest BCUT2D eigenvalue weighted by molar-refractivity contribution is -0.142. The molecule has 0 saturated carbocycles. The van der Waals surface area contributed by atoms with Gasteiger partial charge in [0, 0.05) is 47.5 Å². The zero-order chi connectivity index (χ0) is 37.0. The Morgan fingerprint density at radius 1 is 0.712 bits per heavy atom. The Hall–Kier alpha value is -4.95. The number of carboxylic acids is 1. The predicted octanol–water partition coefficient (Wildman–Crippen LogP) is 3.64. The van der Waals surface area contributed by atoms with Crippen molar-refractivity contribution in [3.05, 3.63) is 112 Å². The Morgan fingerprint density at radius 2 is 1.31 bits per heavy atom. The highest BCUT2D eigenvalue weighted by molar-refractivity contribution is 9.10. The summed E-state index contributed by atoms with van der Waals surface area (Å²) >= 11 is 4.95. The number of fused-ring (bicyclic) bond motifs is 18. The summed E-state index contributed by atoms with van der Waals surface area (Å²) in [6, 6.07) is 17.9. The molecule has 3 heterocycles. The second kappa shape index (κ2) is 18.5. The molecule has 6 rings (SSSR count). The van der Waals surface area contributed by atoms with E-state index in [4.69, 9.17) is 0 Å². The van der Waals surface area contributed by atoms with Crippen LogP contribution >= 0.6 is 27.7 Å². The van der Waals surface area contributed by atoms with Crippen LogP contribution in [0.25, 0.3) is 0 Å². The molecule has 6 N–H and O–H groups in total. The standard InChI is InChI=1S/C38H40BrN5O7S/c39-26-12-8-24(9-13-26)20-30-35(47)42-29(19-23-5-2-1-3-6-23)36(48)44-32(38(50)51)21-25-10-14-27(15-11-25)40-33(45)16-17-34(46)41-31(37(49)43-30)22-28-7-4-18-52-28/h1-6,8-15,18,28-32H,7,16-17,19-22H2,(H,40,45)(H,41,46)(H,42,47)(H,43,49)(H,44,48)(H,50,51)/t28?,29-,30+,31-,32+/m1/s1. The van der Waals surface area contributed by atoms with Crippen molar-refractivity contribution in [2.45, 2.75) is 74.4 Å². The van der Waals surface area contributed by atoms with E-state index in [2.05, 4.69) is 42.5 Å². The molecule has 3 aliphatic rings. The van der Waals surface area contributed by atoms with Crippen LogP contribution in [0.15, 0.2) is 94.8 Å². The summed E-state index contributed by atoms with van der Waals surface area (Å²) in [5.74, 6) is -4.17. The highest BCUT2D eigenvalue weighted by atomic mass is 79.9. The molecule has 52 heavy (non-hydrogen) atoms. The first-order chi connectivity index (χ1) is 25.0. The molecule has 2 bridgehead atoms. The van der Waals surface area contributed by atoms with Gasteiger partial charge in [-0.1, -0.05) is 76.6 Å². The average Bonchev–Trinajstić information content (AvgIpc) is 3.64. The van der Waals surface area contributed by atoms with Gasteiger partial charge in [-0.25, -0.2) is 4.79 Å². The second-order valence-corrected chi connectivity index (χ2v) is 14.8. The number of amides is 5. The molecule has 0 spiro atoms. The van der Waals surface area contributed by atoms with Crippen LogP contribution in [0.5, 0.6) is 0 Å². The number of halogens is 1. The quantitative estimate of drug-likeness (QED) is 0.196. The normalized spacial score (nSPS) is 23.4. The smallest absolute Gasteiger partial charge is 0.326 e. The largest absolute Gasteiger partial charge is 0.480 e. The van der Waals surface area contributed by atoms with E-state index in [1.54, 1.807) is 84.6 Å². The van der Waals surface area contributed by atoms with Crippen LogP contribution in [0.2, 0.25) is 0 Å². The topological polar surface area (TPSA) is 183 Å². The summed E-state index contributed by atoms with van der Waals surface area (Å²) in [5, 5.41) is 25.7. The number of thioether (sulfide) groups is 1. The summed E-state index contributed by atoms with van der Waals surface area (Å²) in [7, 11) is 0. The molecule has 0 fully saturated rings. The van der Waals surface area contributed by atoms with Crippen LogP contribution in [0.3, 0.4) is 0 Å². The Bertz CT molecular complexity index is 1780. The fourth-order valence-corrected chi connectivity index (χ4v) is 7.13. The lowest BCUT2D eigenvalue weighted by atomic mass is 10.0. The molecule has 14 heteroatoms. The number of anilines is 1. The predicted molar refractivity (Wildman–Crippen MR) is 201 cm³/mol. The Kier molecular flexibility index (Phi) is 13.6. The number of aliphatic carboxylic acids is 1. The molecule has 1 unspecified atom stereocenters. The molecule has 272 valence electrons. The van der Waals surface area contributed by atoms with Crippen molar-refractivity contribution in [3.63, 3.8) is 0 Å². The molecule has 12 nitrogen and oxygen atoms in total. The van der Waals surface area contributed by atoms with E-state index >= 15 is 0 Å². The molecular formula is C38H40BrN5O7S. The first-order valence-corrected chi connectivity index (χ1v) is 18.7. The zero-order valence-electron chi connectivity index (χ0n) is 28.2. The third-order valence-electron chi connectivity index (χ3n) is 8.69. The average molecular weight is 791 g/mol. The van der Waals surface area contributed by atoms with Crippen molar-refractivity contribution < 1.29 is 33.9 Å². The molecule has 0 aliphatic carbocycles. The number of hydrogen-bond acceptors (Lipinski definition) is 7. The van der Waals surface area contributed by atoms with Crippen LogP contribution in [-0.4, -0.2) is 70.0 Å². The van der Waals surface area contributed by atoms with Gasteiger partial charge >= 0.3 is 5.97 Å². The monoisotopic (exact) mass is 789 g/mol. The number of carbonyl (C=O) groups excluding carboxylic acids is 5. The van der Waals surface area contributed by atoms with E-state index in [1.807, 2.05) is 17.6 Å². The summed E-state index contributed by atoms with van der Waals surface area (Å²) in [5.41, 5.74) is 2.47. The van der Waals surface area contributed by atoms with Crippen molar-refractivity contribution in [1.29, 1.82) is 0 Å². The van der Waals surface area contributed by atoms with Crippen molar-refractivity contribution >= 4 is 68.9 Å². The minimum Gasteiger partial charge on any atom is -0.480 e. The number of carbonyl (C=O) groups is 6. The number of rotatable bonds is 7. The van der Waals surface area contributed by atoms with Gasteiger partial charge in [0.05, 0.1) is 0 Å². The molecule has 0 aromatic heterocycles. The molecule has 5 amide bonds. The van der Waals surface area contributed by atoms with Crippen LogP contribution in [0.4, 0.5) is 5.69 Å². The summed E-state index contributed by atoms with van der Waals surface area (Å²) in [6.45, 7) is 0. The highest BCUT2D eigenvalue weighted by Gasteiger charge is 2.33. The van der Waals surface area contributed by atoms with Crippen molar-refractivity contribution in [2.24, 2.45) is 0 Å². The summed E-state index contributed by atoms with van der Waals surface area (Å²) in [4.78, 5) is 80.2. The second-order valence-electron chi connectivity index (χ2n) is 12.7. The Labute approximate surface area is 314 Å². The number of nitrogens with one attached hydrogen (secondary N) is 5. The van der Waals surface area contributed by atoms with Gasteiger partial charge in [-0.2, -0.15) is 0 Å².